The number of fused-ring (bicyclic) bond motifs is 1. The third kappa shape index (κ3) is 4.12. The zero-order chi connectivity index (χ0) is 19.3. The largest absolute Gasteiger partial charge is 0.489 e. The average molecular weight is 374 g/mol. The molecule has 2 amide bonds. The molecule has 1 aliphatic rings. The van der Waals surface area contributed by atoms with Crippen molar-refractivity contribution in [1.29, 1.82) is 0 Å². The Morgan fingerprint density at radius 3 is 2.61 bits per heavy atom. The summed E-state index contributed by atoms with van der Waals surface area (Å²) in [6, 6.07) is 21.9. The van der Waals surface area contributed by atoms with Gasteiger partial charge in [0.05, 0.1) is 5.69 Å². The highest BCUT2D eigenvalue weighted by Gasteiger charge is 2.16. The second-order valence-corrected chi connectivity index (χ2v) is 6.30. The molecule has 0 aliphatic carbocycles. The van der Waals surface area contributed by atoms with Gasteiger partial charge in [0, 0.05) is 17.3 Å². The number of amides is 2. The highest BCUT2D eigenvalue weighted by molar-refractivity contribution is 6.05. The predicted octanol–water partition coefficient (Wildman–Crippen LogP) is 3.85. The van der Waals surface area contributed by atoms with Gasteiger partial charge in [0.25, 0.3) is 11.8 Å². The molecule has 0 unspecified atom stereocenters. The van der Waals surface area contributed by atoms with Crippen LogP contribution in [-0.4, -0.2) is 18.4 Å². The average Bonchev–Trinajstić information content (AvgIpc) is 2.73. The molecule has 6 nitrogen and oxygen atoms in total. The molecular weight excluding hydrogens is 356 g/mol. The highest BCUT2D eigenvalue weighted by Crippen LogP contribution is 2.30. The number of nitrogens with one attached hydrogen (secondary N) is 2. The maximum Gasteiger partial charge on any atom is 0.262 e. The monoisotopic (exact) mass is 374 g/mol. The lowest BCUT2D eigenvalue weighted by atomic mass is 10.2. The van der Waals surface area contributed by atoms with Gasteiger partial charge in [0.2, 0.25) is 0 Å². The van der Waals surface area contributed by atoms with Gasteiger partial charge in [-0.1, -0.05) is 30.3 Å². The smallest absolute Gasteiger partial charge is 0.262 e. The van der Waals surface area contributed by atoms with Crippen LogP contribution < -0.4 is 20.1 Å². The summed E-state index contributed by atoms with van der Waals surface area (Å²) >= 11 is 0. The van der Waals surface area contributed by atoms with Crippen molar-refractivity contribution < 1.29 is 19.1 Å². The van der Waals surface area contributed by atoms with E-state index in [0.717, 1.165) is 5.56 Å². The second kappa shape index (κ2) is 7.84. The lowest BCUT2D eigenvalue weighted by Gasteiger charge is -2.18. The van der Waals surface area contributed by atoms with Crippen LogP contribution >= 0.6 is 0 Å². The topological polar surface area (TPSA) is 76.7 Å². The van der Waals surface area contributed by atoms with Gasteiger partial charge in [0.1, 0.15) is 18.1 Å². The molecule has 1 heterocycles. The Labute approximate surface area is 162 Å². The van der Waals surface area contributed by atoms with Gasteiger partial charge in [-0.3, -0.25) is 9.59 Å². The zero-order valence-corrected chi connectivity index (χ0v) is 15.0. The van der Waals surface area contributed by atoms with E-state index < -0.39 is 0 Å². The predicted molar refractivity (Wildman–Crippen MR) is 106 cm³/mol. The highest BCUT2D eigenvalue weighted by atomic mass is 16.5. The number of benzene rings is 3. The number of hydrogen-bond donors (Lipinski definition) is 2. The minimum Gasteiger partial charge on any atom is -0.489 e. The van der Waals surface area contributed by atoms with Crippen molar-refractivity contribution >= 4 is 23.2 Å². The van der Waals surface area contributed by atoms with Crippen LogP contribution in [0.4, 0.5) is 11.4 Å². The maximum atomic E-state index is 12.5. The lowest BCUT2D eigenvalue weighted by Crippen LogP contribution is -2.25. The van der Waals surface area contributed by atoms with E-state index in [4.69, 9.17) is 9.47 Å². The first-order valence-corrected chi connectivity index (χ1v) is 8.82. The van der Waals surface area contributed by atoms with Crippen molar-refractivity contribution in [3.05, 3.63) is 83.9 Å². The molecule has 0 aromatic heterocycles. The summed E-state index contributed by atoms with van der Waals surface area (Å²) in [6.45, 7) is 0.437. The SMILES string of the molecule is O=C1COc2cc(NC(=O)c3ccc(OCc4ccccc4)cc3)ccc2N1. The third-order valence-corrected chi connectivity index (χ3v) is 4.24. The minimum absolute atomic E-state index is 0.0329. The number of rotatable bonds is 5. The molecular formula is C22H18N2O4. The maximum absolute atomic E-state index is 12.5. The number of hydrogen-bond acceptors (Lipinski definition) is 4. The summed E-state index contributed by atoms with van der Waals surface area (Å²) in [6.07, 6.45) is 0. The van der Waals surface area contributed by atoms with Gasteiger partial charge in [-0.25, -0.2) is 0 Å². The normalized spacial score (nSPS) is 12.4. The fourth-order valence-corrected chi connectivity index (χ4v) is 2.80. The van der Waals surface area contributed by atoms with E-state index in [9.17, 15) is 9.59 Å². The van der Waals surface area contributed by atoms with Crippen LogP contribution in [0.2, 0.25) is 0 Å². The molecule has 0 saturated carbocycles. The van der Waals surface area contributed by atoms with Crippen LogP contribution in [0.3, 0.4) is 0 Å². The summed E-state index contributed by atoms with van der Waals surface area (Å²) in [5, 5.41) is 5.54. The summed E-state index contributed by atoms with van der Waals surface area (Å²) in [7, 11) is 0. The molecule has 0 fully saturated rings. The molecule has 0 saturated heterocycles. The Bertz CT molecular complexity index is 1000. The quantitative estimate of drug-likeness (QED) is 0.711. The van der Waals surface area contributed by atoms with Gasteiger partial charge >= 0.3 is 0 Å². The molecule has 140 valence electrons. The van der Waals surface area contributed by atoms with Crippen LogP contribution in [0.5, 0.6) is 11.5 Å². The standard InChI is InChI=1S/C22H18N2O4/c25-21-14-28-20-12-17(8-11-19(20)24-21)23-22(26)16-6-9-18(10-7-16)27-13-15-4-2-1-3-5-15/h1-12H,13-14H2,(H,23,26)(H,24,25). The Morgan fingerprint density at radius 2 is 1.82 bits per heavy atom. The zero-order valence-electron chi connectivity index (χ0n) is 15.0. The van der Waals surface area contributed by atoms with Crippen molar-refractivity contribution in [2.45, 2.75) is 6.61 Å². The lowest BCUT2D eigenvalue weighted by molar-refractivity contribution is -0.118. The van der Waals surface area contributed by atoms with Crippen molar-refractivity contribution in [3.63, 3.8) is 0 Å². The van der Waals surface area contributed by atoms with Gasteiger partial charge < -0.3 is 20.1 Å². The van der Waals surface area contributed by atoms with Crippen LogP contribution in [0.25, 0.3) is 0 Å². The fraction of sp³-hybridized carbons (Fsp3) is 0.0909. The fourth-order valence-electron chi connectivity index (χ4n) is 2.80. The van der Waals surface area contributed by atoms with Crippen LogP contribution in [0.1, 0.15) is 15.9 Å². The second-order valence-electron chi connectivity index (χ2n) is 6.30. The number of carbonyl (C=O) groups excluding carboxylic acids is 2. The summed E-state index contributed by atoms with van der Waals surface area (Å²) in [4.78, 5) is 23.8. The van der Waals surface area contributed by atoms with E-state index in [-0.39, 0.29) is 18.4 Å². The number of carbonyl (C=O) groups is 2. The van der Waals surface area contributed by atoms with Gasteiger partial charge in [-0.2, -0.15) is 0 Å². The molecule has 0 radical (unpaired) electrons. The first-order chi connectivity index (χ1) is 13.7. The van der Waals surface area contributed by atoms with E-state index in [1.54, 1.807) is 42.5 Å². The molecule has 6 heteroatoms. The molecule has 3 aromatic rings. The number of anilines is 2. The van der Waals surface area contributed by atoms with E-state index in [1.165, 1.54) is 0 Å². The summed E-state index contributed by atoms with van der Waals surface area (Å²) in [5.74, 6) is 0.786. The number of ether oxygens (including phenoxy) is 2. The van der Waals surface area contributed by atoms with Crippen LogP contribution in [-0.2, 0) is 11.4 Å². The summed E-state index contributed by atoms with van der Waals surface area (Å²) in [5.41, 5.74) is 2.77. The first kappa shape index (κ1) is 17.6. The summed E-state index contributed by atoms with van der Waals surface area (Å²) < 4.78 is 11.1. The van der Waals surface area contributed by atoms with Crippen LogP contribution in [0.15, 0.2) is 72.8 Å². The van der Waals surface area contributed by atoms with Gasteiger partial charge in [0.15, 0.2) is 6.61 Å². The van der Waals surface area contributed by atoms with Crippen molar-refractivity contribution in [1.82, 2.24) is 0 Å². The van der Waals surface area contributed by atoms with E-state index in [0.29, 0.717) is 35.0 Å². The Kier molecular flexibility index (Phi) is 4.93. The minimum atomic E-state index is -0.241. The van der Waals surface area contributed by atoms with E-state index >= 15 is 0 Å². The van der Waals surface area contributed by atoms with Crippen molar-refractivity contribution in [2.75, 3.05) is 17.2 Å². The molecule has 4 rings (SSSR count). The Balaban J connectivity index is 1.38. The Morgan fingerprint density at radius 1 is 1.04 bits per heavy atom. The molecule has 0 atom stereocenters. The molecule has 0 spiro atoms. The molecule has 2 N–H and O–H groups in total. The molecule has 28 heavy (non-hydrogen) atoms. The van der Waals surface area contributed by atoms with Gasteiger partial charge in [-0.05, 0) is 42.0 Å². The first-order valence-electron chi connectivity index (χ1n) is 8.82. The van der Waals surface area contributed by atoms with Gasteiger partial charge in [-0.15, -0.1) is 0 Å². The van der Waals surface area contributed by atoms with Crippen molar-refractivity contribution in [3.8, 4) is 11.5 Å². The Hall–Kier alpha value is -3.80. The van der Waals surface area contributed by atoms with Crippen molar-refractivity contribution in [2.24, 2.45) is 0 Å². The third-order valence-electron chi connectivity index (χ3n) is 4.24. The molecule has 3 aromatic carbocycles. The van der Waals surface area contributed by atoms with E-state index in [1.807, 2.05) is 30.3 Å². The molecule has 0 bridgehead atoms. The van der Waals surface area contributed by atoms with Crippen LogP contribution in [0, 0.1) is 0 Å². The van der Waals surface area contributed by atoms with E-state index in [2.05, 4.69) is 10.6 Å². The molecule has 1 aliphatic heterocycles.